The number of ether oxygens (including phenoxy) is 1. The van der Waals surface area contributed by atoms with E-state index >= 15 is 0 Å². The summed E-state index contributed by atoms with van der Waals surface area (Å²) < 4.78 is 5.47. The number of fused-ring (bicyclic) bond motifs is 1. The fraction of sp³-hybridized carbons (Fsp3) is 0.211. The molecule has 1 aromatic heterocycles. The summed E-state index contributed by atoms with van der Waals surface area (Å²) in [5.41, 5.74) is 1.22. The predicted octanol–water partition coefficient (Wildman–Crippen LogP) is 2.49. The van der Waals surface area contributed by atoms with E-state index in [0.717, 1.165) is 5.69 Å². The fourth-order valence-corrected chi connectivity index (χ4v) is 2.63. The molecule has 3 aromatic rings. The number of H-pyrrole nitrogens is 1. The maximum Gasteiger partial charge on any atom is 0.258 e. The molecule has 0 aliphatic carbocycles. The van der Waals surface area contributed by atoms with Gasteiger partial charge in [-0.1, -0.05) is 30.3 Å². The molecule has 25 heavy (non-hydrogen) atoms. The van der Waals surface area contributed by atoms with Crippen LogP contribution in [0.3, 0.4) is 0 Å². The lowest BCUT2D eigenvalue weighted by molar-refractivity contribution is -0.123. The highest BCUT2D eigenvalue weighted by Gasteiger charge is 2.14. The number of para-hydroxylation sites is 2. The normalized spacial score (nSPS) is 10.8. The summed E-state index contributed by atoms with van der Waals surface area (Å²) in [5.74, 6) is 0.260. The van der Waals surface area contributed by atoms with E-state index in [-0.39, 0.29) is 24.7 Å². The van der Waals surface area contributed by atoms with Gasteiger partial charge in [-0.2, -0.15) is 0 Å². The molecule has 0 radical (unpaired) electrons. The summed E-state index contributed by atoms with van der Waals surface area (Å²) in [6.45, 7) is 2.45. The van der Waals surface area contributed by atoms with Gasteiger partial charge in [0.05, 0.1) is 10.9 Å². The second-order valence-electron chi connectivity index (χ2n) is 5.50. The van der Waals surface area contributed by atoms with Crippen LogP contribution in [0.25, 0.3) is 10.9 Å². The number of hydrogen-bond acceptors (Lipinski definition) is 4. The number of carbonyl (C=O) groups is 1. The molecule has 1 amide bonds. The van der Waals surface area contributed by atoms with E-state index in [2.05, 4.69) is 9.97 Å². The lowest BCUT2D eigenvalue weighted by Crippen LogP contribution is -2.33. The van der Waals surface area contributed by atoms with Crippen LogP contribution in [0.15, 0.2) is 59.4 Å². The van der Waals surface area contributed by atoms with Gasteiger partial charge in [-0.05, 0) is 31.2 Å². The summed E-state index contributed by atoms with van der Waals surface area (Å²) in [7, 11) is 0. The lowest BCUT2D eigenvalue weighted by atomic mass is 10.2. The Hall–Kier alpha value is -2.99. The van der Waals surface area contributed by atoms with E-state index in [4.69, 9.17) is 4.74 Å². The van der Waals surface area contributed by atoms with Gasteiger partial charge in [0.15, 0.2) is 0 Å². The van der Waals surface area contributed by atoms with Crippen LogP contribution in [0.4, 0.5) is 5.69 Å². The van der Waals surface area contributed by atoms with Crippen LogP contribution in [0.2, 0.25) is 0 Å². The molecule has 0 fully saturated rings. The van der Waals surface area contributed by atoms with Gasteiger partial charge in [-0.25, -0.2) is 4.98 Å². The Morgan fingerprint density at radius 1 is 1.12 bits per heavy atom. The number of hydrogen-bond donors (Lipinski definition) is 1. The molecule has 0 saturated carbocycles. The van der Waals surface area contributed by atoms with Crippen LogP contribution in [0.1, 0.15) is 12.7 Å². The number of aromatic nitrogens is 2. The van der Waals surface area contributed by atoms with Crippen molar-refractivity contribution >= 4 is 22.5 Å². The van der Waals surface area contributed by atoms with Gasteiger partial charge in [-0.15, -0.1) is 0 Å². The number of aromatic amines is 1. The molecule has 0 saturated heterocycles. The molecule has 128 valence electrons. The topological polar surface area (TPSA) is 75.3 Å². The van der Waals surface area contributed by atoms with Crippen LogP contribution in [-0.4, -0.2) is 29.0 Å². The SMILES string of the molecule is CCN(C(=O)COCc1nc2ccccc2c(=O)[nH]1)c1ccccc1. The van der Waals surface area contributed by atoms with E-state index in [0.29, 0.717) is 23.3 Å². The third-order valence-corrected chi connectivity index (χ3v) is 3.81. The first-order valence-electron chi connectivity index (χ1n) is 8.10. The number of amides is 1. The summed E-state index contributed by atoms with van der Waals surface area (Å²) in [6, 6.07) is 16.5. The van der Waals surface area contributed by atoms with E-state index in [1.54, 1.807) is 23.1 Å². The van der Waals surface area contributed by atoms with Gasteiger partial charge in [0.2, 0.25) is 0 Å². The zero-order chi connectivity index (χ0) is 17.6. The Bertz CT molecular complexity index is 922. The summed E-state index contributed by atoms with van der Waals surface area (Å²) in [4.78, 5) is 33.0. The molecule has 3 rings (SSSR count). The molecule has 6 nitrogen and oxygen atoms in total. The zero-order valence-corrected chi connectivity index (χ0v) is 13.9. The third-order valence-electron chi connectivity index (χ3n) is 3.81. The average Bonchev–Trinajstić information content (AvgIpc) is 2.63. The van der Waals surface area contributed by atoms with E-state index in [9.17, 15) is 9.59 Å². The molecule has 0 aliphatic rings. The van der Waals surface area contributed by atoms with Crippen molar-refractivity contribution in [2.45, 2.75) is 13.5 Å². The lowest BCUT2D eigenvalue weighted by Gasteiger charge is -2.20. The zero-order valence-electron chi connectivity index (χ0n) is 13.9. The number of carbonyl (C=O) groups excluding carboxylic acids is 1. The fourth-order valence-electron chi connectivity index (χ4n) is 2.63. The molecule has 6 heteroatoms. The first-order valence-corrected chi connectivity index (χ1v) is 8.10. The van der Waals surface area contributed by atoms with Crippen molar-refractivity contribution in [2.24, 2.45) is 0 Å². The van der Waals surface area contributed by atoms with Gasteiger partial charge < -0.3 is 14.6 Å². The van der Waals surface area contributed by atoms with Crippen LogP contribution < -0.4 is 10.5 Å². The molecule has 0 aliphatic heterocycles. The quantitative estimate of drug-likeness (QED) is 0.750. The highest BCUT2D eigenvalue weighted by atomic mass is 16.5. The molecule has 0 atom stereocenters. The Balaban J connectivity index is 1.64. The Kier molecular flexibility index (Phi) is 5.20. The van der Waals surface area contributed by atoms with Crippen LogP contribution in [-0.2, 0) is 16.1 Å². The minimum atomic E-state index is -0.213. The van der Waals surface area contributed by atoms with Crippen molar-refractivity contribution in [1.82, 2.24) is 9.97 Å². The summed E-state index contributed by atoms with van der Waals surface area (Å²) >= 11 is 0. The molecular weight excluding hydrogens is 318 g/mol. The first kappa shape index (κ1) is 16.9. The van der Waals surface area contributed by atoms with Gasteiger partial charge in [0, 0.05) is 12.2 Å². The van der Waals surface area contributed by atoms with Crippen molar-refractivity contribution in [3.05, 3.63) is 70.8 Å². The number of benzene rings is 2. The largest absolute Gasteiger partial charge is 0.364 e. The van der Waals surface area contributed by atoms with E-state index in [1.165, 1.54) is 0 Å². The van der Waals surface area contributed by atoms with E-state index in [1.807, 2.05) is 43.3 Å². The molecule has 0 bridgehead atoms. The van der Waals surface area contributed by atoms with Crippen LogP contribution in [0, 0.1) is 0 Å². The molecule has 1 heterocycles. The maximum atomic E-state index is 12.4. The molecular formula is C19H19N3O3. The van der Waals surface area contributed by atoms with Crippen LogP contribution >= 0.6 is 0 Å². The van der Waals surface area contributed by atoms with Gasteiger partial charge in [0.25, 0.3) is 11.5 Å². The van der Waals surface area contributed by atoms with Crippen LogP contribution in [0.5, 0.6) is 0 Å². The monoisotopic (exact) mass is 337 g/mol. The minimum absolute atomic E-state index is 0.0676. The second-order valence-corrected chi connectivity index (χ2v) is 5.50. The highest BCUT2D eigenvalue weighted by molar-refractivity contribution is 5.94. The first-order chi connectivity index (χ1) is 12.2. The third kappa shape index (κ3) is 3.92. The maximum absolute atomic E-state index is 12.4. The molecule has 2 aromatic carbocycles. The van der Waals surface area contributed by atoms with Gasteiger partial charge in [-0.3, -0.25) is 9.59 Å². The predicted molar refractivity (Wildman–Crippen MR) is 96.5 cm³/mol. The number of nitrogens with zero attached hydrogens (tertiary/aromatic N) is 2. The number of nitrogens with one attached hydrogen (secondary N) is 1. The number of anilines is 1. The van der Waals surface area contributed by atoms with Crippen molar-refractivity contribution in [3.8, 4) is 0 Å². The molecule has 1 N–H and O–H groups in total. The Morgan fingerprint density at radius 3 is 2.60 bits per heavy atom. The standard InChI is InChI=1S/C19H19N3O3/c1-2-22(14-8-4-3-5-9-14)18(23)13-25-12-17-20-16-11-7-6-10-15(16)19(24)21-17/h3-11H,2,12-13H2,1H3,(H,20,21,24). The average molecular weight is 337 g/mol. The minimum Gasteiger partial charge on any atom is -0.364 e. The highest BCUT2D eigenvalue weighted by Crippen LogP contribution is 2.13. The van der Waals surface area contributed by atoms with Crippen molar-refractivity contribution in [3.63, 3.8) is 0 Å². The smallest absolute Gasteiger partial charge is 0.258 e. The Labute approximate surface area is 145 Å². The molecule has 0 spiro atoms. The molecule has 0 unspecified atom stereocenters. The van der Waals surface area contributed by atoms with E-state index < -0.39 is 0 Å². The Morgan fingerprint density at radius 2 is 1.84 bits per heavy atom. The van der Waals surface area contributed by atoms with Crippen molar-refractivity contribution < 1.29 is 9.53 Å². The van der Waals surface area contributed by atoms with Crippen molar-refractivity contribution in [1.29, 1.82) is 0 Å². The number of likely N-dealkylation sites (N-methyl/N-ethyl adjacent to an activating group) is 1. The second kappa shape index (κ2) is 7.72. The summed E-state index contributed by atoms with van der Waals surface area (Å²) in [6.07, 6.45) is 0. The number of rotatable bonds is 6. The van der Waals surface area contributed by atoms with Gasteiger partial charge >= 0.3 is 0 Å². The van der Waals surface area contributed by atoms with Gasteiger partial charge in [0.1, 0.15) is 19.0 Å². The van der Waals surface area contributed by atoms with Crippen molar-refractivity contribution in [2.75, 3.05) is 18.1 Å². The summed E-state index contributed by atoms with van der Waals surface area (Å²) in [5, 5.41) is 0.531.